The third-order valence-electron chi connectivity index (χ3n) is 2.83. The number of halogens is 1. The Hall–Kier alpha value is -1.13. The van der Waals surface area contributed by atoms with Gasteiger partial charge in [-0.05, 0) is 31.0 Å². The normalized spacial score (nSPS) is 9.84. The summed E-state index contributed by atoms with van der Waals surface area (Å²) in [5.41, 5.74) is 2.18. The quantitative estimate of drug-likeness (QED) is 0.390. The van der Waals surface area contributed by atoms with Crippen LogP contribution in [0.5, 0.6) is 5.75 Å². The largest absolute Gasteiger partial charge is 0.492 e. The van der Waals surface area contributed by atoms with Crippen LogP contribution in [0.25, 0.3) is 0 Å². The first-order valence-corrected chi connectivity index (χ1v) is 7.59. The molecule has 0 amide bonds. The van der Waals surface area contributed by atoms with Gasteiger partial charge in [0, 0.05) is 12.3 Å². The van der Waals surface area contributed by atoms with E-state index in [-0.39, 0.29) is 0 Å². The molecule has 0 aromatic heterocycles. The van der Waals surface area contributed by atoms with Crippen molar-refractivity contribution in [2.24, 2.45) is 0 Å². The maximum Gasteiger partial charge on any atom is 0.134 e. The van der Waals surface area contributed by atoms with Crippen molar-refractivity contribution < 1.29 is 4.74 Å². The van der Waals surface area contributed by atoms with Crippen molar-refractivity contribution in [2.45, 2.75) is 46.0 Å². The Morgan fingerprint density at radius 3 is 2.79 bits per heavy atom. The smallest absolute Gasteiger partial charge is 0.134 e. The van der Waals surface area contributed by atoms with Gasteiger partial charge >= 0.3 is 0 Å². The standard InChI is InChI=1S/C17H23ClO/c1-3-4-5-8-13-19-17-11-10-15(2)14-16(17)9-6-7-12-18/h10-11,14H,3-5,7-8,12-13H2,1-2H3. The summed E-state index contributed by atoms with van der Waals surface area (Å²) in [4.78, 5) is 0. The van der Waals surface area contributed by atoms with E-state index in [1.807, 2.05) is 6.07 Å². The molecule has 0 saturated heterocycles. The molecule has 104 valence electrons. The van der Waals surface area contributed by atoms with Gasteiger partial charge in [0.05, 0.1) is 12.2 Å². The van der Waals surface area contributed by atoms with Crippen LogP contribution in [0.1, 0.15) is 50.2 Å². The highest BCUT2D eigenvalue weighted by Crippen LogP contribution is 2.19. The second-order valence-electron chi connectivity index (χ2n) is 4.65. The lowest BCUT2D eigenvalue weighted by molar-refractivity contribution is 0.304. The van der Waals surface area contributed by atoms with Crippen molar-refractivity contribution in [2.75, 3.05) is 12.5 Å². The molecule has 1 nitrogen and oxygen atoms in total. The first-order valence-electron chi connectivity index (χ1n) is 7.06. The van der Waals surface area contributed by atoms with Gasteiger partial charge in [0.15, 0.2) is 0 Å². The number of ether oxygens (including phenoxy) is 1. The van der Waals surface area contributed by atoms with Crippen LogP contribution in [0.15, 0.2) is 18.2 Å². The van der Waals surface area contributed by atoms with Gasteiger partial charge in [-0.2, -0.15) is 0 Å². The highest BCUT2D eigenvalue weighted by Gasteiger charge is 2.01. The summed E-state index contributed by atoms with van der Waals surface area (Å²) in [6.45, 7) is 5.05. The average Bonchev–Trinajstić information content (AvgIpc) is 2.41. The molecule has 0 bridgehead atoms. The molecule has 0 radical (unpaired) electrons. The van der Waals surface area contributed by atoms with Gasteiger partial charge in [-0.15, -0.1) is 11.6 Å². The molecule has 0 saturated carbocycles. The number of alkyl halides is 1. The van der Waals surface area contributed by atoms with Crippen molar-refractivity contribution in [3.8, 4) is 17.6 Å². The highest BCUT2D eigenvalue weighted by atomic mass is 35.5. The Kier molecular flexibility index (Phi) is 8.18. The maximum absolute atomic E-state index is 5.83. The van der Waals surface area contributed by atoms with Crippen LogP contribution in [0.4, 0.5) is 0 Å². The summed E-state index contributed by atoms with van der Waals surface area (Å²) >= 11 is 5.64. The molecule has 1 rings (SSSR count). The van der Waals surface area contributed by atoms with Crippen LogP contribution in [0, 0.1) is 18.8 Å². The Labute approximate surface area is 122 Å². The Balaban J connectivity index is 2.59. The average molecular weight is 279 g/mol. The third-order valence-corrected chi connectivity index (χ3v) is 3.02. The summed E-state index contributed by atoms with van der Waals surface area (Å²) in [6.07, 6.45) is 5.58. The molecule has 0 heterocycles. The lowest BCUT2D eigenvalue weighted by Crippen LogP contribution is -1.99. The molecule has 1 aromatic carbocycles. The van der Waals surface area contributed by atoms with Gasteiger partial charge in [0.2, 0.25) is 0 Å². The van der Waals surface area contributed by atoms with E-state index >= 15 is 0 Å². The number of hydrogen-bond donors (Lipinski definition) is 0. The zero-order valence-electron chi connectivity index (χ0n) is 12.0. The van der Waals surface area contributed by atoms with Gasteiger partial charge in [0.25, 0.3) is 0 Å². The molecular weight excluding hydrogens is 256 g/mol. The Bertz CT molecular complexity index is 429. The zero-order chi connectivity index (χ0) is 13.9. The van der Waals surface area contributed by atoms with Crippen molar-refractivity contribution in [1.82, 2.24) is 0 Å². The Morgan fingerprint density at radius 1 is 1.21 bits per heavy atom. The van der Waals surface area contributed by atoms with Crippen LogP contribution in [-0.2, 0) is 0 Å². The molecule has 0 N–H and O–H groups in total. The molecule has 0 aliphatic rings. The molecule has 0 fully saturated rings. The van der Waals surface area contributed by atoms with E-state index in [1.165, 1.54) is 24.8 Å². The molecule has 19 heavy (non-hydrogen) atoms. The van der Waals surface area contributed by atoms with Crippen LogP contribution in [0.3, 0.4) is 0 Å². The van der Waals surface area contributed by atoms with E-state index in [4.69, 9.17) is 16.3 Å². The number of hydrogen-bond acceptors (Lipinski definition) is 1. The van der Waals surface area contributed by atoms with Crippen molar-refractivity contribution in [3.63, 3.8) is 0 Å². The second-order valence-corrected chi connectivity index (χ2v) is 5.03. The first kappa shape index (κ1) is 15.9. The third kappa shape index (κ3) is 6.55. The first-order chi connectivity index (χ1) is 9.27. The van der Waals surface area contributed by atoms with Gasteiger partial charge in [-0.25, -0.2) is 0 Å². The fourth-order valence-electron chi connectivity index (χ4n) is 1.78. The fraction of sp³-hybridized carbons (Fsp3) is 0.529. The lowest BCUT2D eigenvalue weighted by atomic mass is 10.1. The van der Waals surface area contributed by atoms with E-state index in [0.29, 0.717) is 12.3 Å². The van der Waals surface area contributed by atoms with Gasteiger partial charge < -0.3 is 4.74 Å². The molecule has 0 spiro atoms. The predicted molar refractivity (Wildman–Crippen MR) is 83.0 cm³/mol. The van der Waals surface area contributed by atoms with Crippen molar-refractivity contribution >= 4 is 11.6 Å². The number of aryl methyl sites for hydroxylation is 1. The van der Waals surface area contributed by atoms with E-state index in [2.05, 4.69) is 37.8 Å². The van der Waals surface area contributed by atoms with Crippen molar-refractivity contribution in [3.05, 3.63) is 29.3 Å². The molecular formula is C17H23ClO. The van der Waals surface area contributed by atoms with Crippen LogP contribution in [-0.4, -0.2) is 12.5 Å². The monoisotopic (exact) mass is 278 g/mol. The van der Waals surface area contributed by atoms with Crippen LogP contribution >= 0.6 is 11.6 Å². The molecule has 0 unspecified atom stereocenters. The number of rotatable bonds is 7. The topological polar surface area (TPSA) is 9.23 Å². The molecule has 0 aliphatic carbocycles. The minimum Gasteiger partial charge on any atom is -0.492 e. The summed E-state index contributed by atoms with van der Waals surface area (Å²) in [5, 5.41) is 0. The molecule has 2 heteroatoms. The second kappa shape index (κ2) is 9.75. The summed E-state index contributed by atoms with van der Waals surface area (Å²) in [5.74, 6) is 7.68. The van der Waals surface area contributed by atoms with E-state index in [9.17, 15) is 0 Å². The fourth-order valence-corrected chi connectivity index (χ4v) is 1.88. The lowest BCUT2D eigenvalue weighted by Gasteiger charge is -2.09. The maximum atomic E-state index is 5.83. The van der Waals surface area contributed by atoms with Crippen LogP contribution in [0.2, 0.25) is 0 Å². The van der Waals surface area contributed by atoms with Gasteiger partial charge in [0.1, 0.15) is 5.75 Å². The minimum absolute atomic E-state index is 0.575. The summed E-state index contributed by atoms with van der Waals surface area (Å²) in [7, 11) is 0. The summed E-state index contributed by atoms with van der Waals surface area (Å²) in [6, 6.07) is 6.15. The minimum atomic E-state index is 0.575. The molecule has 1 aromatic rings. The van der Waals surface area contributed by atoms with Crippen molar-refractivity contribution in [1.29, 1.82) is 0 Å². The van der Waals surface area contributed by atoms with Gasteiger partial charge in [-0.1, -0.05) is 44.1 Å². The summed E-state index contributed by atoms with van der Waals surface area (Å²) < 4.78 is 5.83. The molecule has 0 aliphatic heterocycles. The predicted octanol–water partition coefficient (Wildman–Crippen LogP) is 4.93. The highest BCUT2D eigenvalue weighted by molar-refractivity contribution is 6.18. The Morgan fingerprint density at radius 2 is 2.05 bits per heavy atom. The number of benzene rings is 1. The van der Waals surface area contributed by atoms with E-state index < -0.39 is 0 Å². The van der Waals surface area contributed by atoms with E-state index in [1.54, 1.807) is 0 Å². The van der Waals surface area contributed by atoms with E-state index in [0.717, 1.165) is 24.3 Å². The zero-order valence-corrected chi connectivity index (χ0v) is 12.7. The van der Waals surface area contributed by atoms with Gasteiger partial charge in [-0.3, -0.25) is 0 Å². The molecule has 0 atom stereocenters. The van der Waals surface area contributed by atoms with Crippen LogP contribution < -0.4 is 4.74 Å². The number of unbranched alkanes of at least 4 members (excludes halogenated alkanes) is 3. The SMILES string of the molecule is CCCCCCOc1ccc(C)cc1C#CCCCl.